The fourth-order valence-corrected chi connectivity index (χ4v) is 8.72. The lowest BCUT2D eigenvalue weighted by atomic mass is 10.1. The van der Waals surface area contributed by atoms with Gasteiger partial charge in [-0.05, 0) is 48.5 Å². The van der Waals surface area contributed by atoms with Crippen molar-refractivity contribution in [2.24, 2.45) is 0 Å². The number of aromatic nitrogens is 7. The van der Waals surface area contributed by atoms with Crippen LogP contribution in [-0.2, 0) is 0 Å². The molecule has 12 rings (SSSR count). The molecule has 0 radical (unpaired) electrons. The van der Waals surface area contributed by atoms with Crippen molar-refractivity contribution in [1.82, 2.24) is 33.6 Å². The summed E-state index contributed by atoms with van der Waals surface area (Å²) >= 11 is 0. The first-order valence-electron chi connectivity index (χ1n) is 19.1. The zero-order valence-corrected chi connectivity index (χ0v) is 30.5. The molecule has 57 heavy (non-hydrogen) atoms. The lowest BCUT2D eigenvalue weighted by molar-refractivity contribution is 0.953. The minimum atomic E-state index is 0.561. The average Bonchev–Trinajstić information content (AvgIpc) is 3.93. The van der Waals surface area contributed by atoms with E-state index in [0.717, 1.165) is 82.5 Å². The maximum absolute atomic E-state index is 5.26. The predicted octanol–water partition coefficient (Wildman–Crippen LogP) is 11.9. The Balaban J connectivity index is 1.21. The van der Waals surface area contributed by atoms with Crippen molar-refractivity contribution in [2.75, 3.05) is 0 Å². The van der Waals surface area contributed by atoms with E-state index >= 15 is 0 Å². The van der Waals surface area contributed by atoms with E-state index in [2.05, 4.69) is 158 Å². The number of hydrogen-bond donors (Lipinski definition) is 0. The molecule has 5 aromatic heterocycles. The molecule has 0 fully saturated rings. The van der Waals surface area contributed by atoms with E-state index < -0.39 is 0 Å². The van der Waals surface area contributed by atoms with Gasteiger partial charge in [-0.1, -0.05) is 127 Å². The third-order valence-electron chi connectivity index (χ3n) is 11.2. The van der Waals surface area contributed by atoms with Crippen molar-refractivity contribution in [3.05, 3.63) is 188 Å². The summed E-state index contributed by atoms with van der Waals surface area (Å²) < 4.78 is 6.99. The molecule has 12 aromatic rings. The lowest BCUT2D eigenvalue weighted by Gasteiger charge is -2.13. The van der Waals surface area contributed by atoms with Crippen molar-refractivity contribution < 1.29 is 0 Å². The van der Waals surface area contributed by atoms with Crippen LogP contribution in [-0.4, -0.2) is 33.6 Å². The molecule has 0 aliphatic heterocycles. The molecular formula is C50H31N7. The molecule has 0 aliphatic carbocycles. The largest absolute Gasteiger partial charge is 0.309 e. The van der Waals surface area contributed by atoms with Crippen LogP contribution in [0.5, 0.6) is 0 Å². The molecule has 0 spiro atoms. The van der Waals surface area contributed by atoms with Gasteiger partial charge >= 0.3 is 0 Å². The van der Waals surface area contributed by atoms with Gasteiger partial charge in [0.15, 0.2) is 11.6 Å². The summed E-state index contributed by atoms with van der Waals surface area (Å²) in [4.78, 5) is 20.2. The van der Waals surface area contributed by atoms with Gasteiger partial charge in [-0.15, -0.1) is 0 Å². The molecule has 266 valence electrons. The van der Waals surface area contributed by atoms with Crippen LogP contribution >= 0.6 is 0 Å². The Morgan fingerprint density at radius 2 is 0.860 bits per heavy atom. The van der Waals surface area contributed by atoms with E-state index in [1.165, 1.54) is 5.39 Å². The van der Waals surface area contributed by atoms with Crippen LogP contribution in [0, 0.1) is 0 Å². The van der Waals surface area contributed by atoms with Gasteiger partial charge in [-0.3, -0.25) is 9.55 Å². The SMILES string of the molecule is c1ccc(-c2nc(-c3ccccc3)nc(-n3c4ccccc4c4ccc5c6ccccc6n(-c6ccc7c(c6)c6cnccc6n7-c6ccccc6)c5c43)n2)cc1. The normalized spacial score (nSPS) is 11.9. The molecule has 0 unspecified atom stereocenters. The Morgan fingerprint density at radius 1 is 0.333 bits per heavy atom. The standard InChI is InChI=1S/C50H31N7/c1-4-14-32(15-5-1)48-52-49(33-16-6-2-7-17-33)54-50(53-48)57-43-23-13-11-21-37(43)39-26-25-38-36-20-10-12-22-42(36)56(46(38)47(39)57)35-24-27-44-40(30-35)41-31-51-29-28-45(41)55(44)34-18-8-3-9-19-34/h1-31H. The summed E-state index contributed by atoms with van der Waals surface area (Å²) in [7, 11) is 0. The van der Waals surface area contributed by atoms with E-state index in [0.29, 0.717) is 17.6 Å². The maximum atomic E-state index is 5.26. The number of hydrogen-bond acceptors (Lipinski definition) is 4. The first-order valence-corrected chi connectivity index (χ1v) is 19.1. The van der Waals surface area contributed by atoms with Crippen LogP contribution in [0.25, 0.3) is 106 Å². The Kier molecular flexibility index (Phi) is 6.79. The van der Waals surface area contributed by atoms with Gasteiger partial charge in [0, 0.05) is 67.2 Å². The number of pyridine rings is 1. The van der Waals surface area contributed by atoms with Crippen LogP contribution < -0.4 is 0 Å². The number of benzene rings is 7. The van der Waals surface area contributed by atoms with Crippen LogP contribution in [0.2, 0.25) is 0 Å². The van der Waals surface area contributed by atoms with Crippen molar-refractivity contribution in [3.8, 4) is 40.1 Å². The first-order chi connectivity index (χ1) is 28.3. The monoisotopic (exact) mass is 729 g/mol. The molecule has 7 aromatic carbocycles. The van der Waals surface area contributed by atoms with Gasteiger partial charge < -0.3 is 9.13 Å². The highest BCUT2D eigenvalue weighted by Gasteiger charge is 2.24. The van der Waals surface area contributed by atoms with E-state index in [1.807, 2.05) is 48.8 Å². The molecule has 0 bridgehead atoms. The number of para-hydroxylation sites is 3. The molecular weight excluding hydrogens is 699 g/mol. The summed E-state index contributed by atoms with van der Waals surface area (Å²) in [6.45, 7) is 0. The van der Waals surface area contributed by atoms with Gasteiger partial charge in [-0.2, -0.15) is 9.97 Å². The predicted molar refractivity (Wildman–Crippen MR) is 232 cm³/mol. The van der Waals surface area contributed by atoms with Gasteiger partial charge in [0.25, 0.3) is 0 Å². The zero-order valence-electron chi connectivity index (χ0n) is 30.5. The van der Waals surface area contributed by atoms with Crippen LogP contribution in [0.3, 0.4) is 0 Å². The third kappa shape index (κ3) is 4.72. The molecule has 0 atom stereocenters. The molecule has 0 saturated carbocycles. The minimum absolute atomic E-state index is 0.561. The molecule has 7 heteroatoms. The molecule has 0 amide bonds. The molecule has 0 aliphatic rings. The topological polar surface area (TPSA) is 66.3 Å². The van der Waals surface area contributed by atoms with Crippen molar-refractivity contribution >= 4 is 65.4 Å². The second-order valence-corrected chi connectivity index (χ2v) is 14.3. The number of fused-ring (bicyclic) bond motifs is 10. The van der Waals surface area contributed by atoms with Crippen LogP contribution in [0.4, 0.5) is 0 Å². The molecule has 5 heterocycles. The Labute approximate surface area is 326 Å². The van der Waals surface area contributed by atoms with Gasteiger partial charge in [-0.25, -0.2) is 4.98 Å². The number of nitrogens with zero attached hydrogens (tertiary/aromatic N) is 7. The third-order valence-corrected chi connectivity index (χ3v) is 11.2. The highest BCUT2D eigenvalue weighted by Crippen LogP contribution is 2.42. The van der Waals surface area contributed by atoms with Gasteiger partial charge in [0.2, 0.25) is 5.95 Å². The van der Waals surface area contributed by atoms with Crippen molar-refractivity contribution in [3.63, 3.8) is 0 Å². The summed E-state index contributed by atoms with van der Waals surface area (Å²) in [6, 6.07) is 61.6. The fourth-order valence-electron chi connectivity index (χ4n) is 8.72. The Bertz CT molecular complexity index is 3450. The molecule has 0 saturated heterocycles. The zero-order chi connectivity index (χ0) is 37.5. The number of rotatable bonds is 5. The van der Waals surface area contributed by atoms with E-state index in [4.69, 9.17) is 15.0 Å². The van der Waals surface area contributed by atoms with Gasteiger partial charge in [0.1, 0.15) is 0 Å². The van der Waals surface area contributed by atoms with Crippen LogP contribution in [0.15, 0.2) is 188 Å². The highest BCUT2D eigenvalue weighted by atomic mass is 15.2. The van der Waals surface area contributed by atoms with E-state index in [9.17, 15) is 0 Å². The minimum Gasteiger partial charge on any atom is -0.309 e. The van der Waals surface area contributed by atoms with Crippen LogP contribution in [0.1, 0.15) is 0 Å². The smallest absolute Gasteiger partial charge is 0.238 e. The maximum Gasteiger partial charge on any atom is 0.238 e. The molecule has 0 N–H and O–H groups in total. The van der Waals surface area contributed by atoms with Gasteiger partial charge in [0.05, 0.1) is 33.1 Å². The summed E-state index contributed by atoms with van der Waals surface area (Å²) in [6.07, 6.45) is 3.86. The second-order valence-electron chi connectivity index (χ2n) is 14.3. The Morgan fingerprint density at radius 3 is 1.51 bits per heavy atom. The summed E-state index contributed by atoms with van der Waals surface area (Å²) in [5.41, 5.74) is 10.5. The Hall–Kier alpha value is -7.90. The van der Waals surface area contributed by atoms with E-state index in [-0.39, 0.29) is 0 Å². The average molecular weight is 730 g/mol. The quantitative estimate of drug-likeness (QED) is 0.177. The molecule has 7 nitrogen and oxygen atoms in total. The van der Waals surface area contributed by atoms with E-state index in [1.54, 1.807) is 0 Å². The fraction of sp³-hybridized carbons (Fsp3) is 0. The summed E-state index contributed by atoms with van der Waals surface area (Å²) in [5.74, 6) is 1.80. The highest BCUT2D eigenvalue weighted by molar-refractivity contribution is 6.24. The lowest BCUT2D eigenvalue weighted by Crippen LogP contribution is -2.07. The second kappa shape index (κ2) is 12.3. The van der Waals surface area contributed by atoms with Crippen molar-refractivity contribution in [2.45, 2.75) is 0 Å². The summed E-state index contributed by atoms with van der Waals surface area (Å²) in [5, 5.41) is 6.81. The first kappa shape index (κ1) is 31.5. The van der Waals surface area contributed by atoms with Crippen molar-refractivity contribution in [1.29, 1.82) is 0 Å².